The van der Waals surface area contributed by atoms with Gasteiger partial charge in [-0.2, -0.15) is 0 Å². The first kappa shape index (κ1) is 14.5. The van der Waals surface area contributed by atoms with Gasteiger partial charge in [0, 0.05) is 18.1 Å². The summed E-state index contributed by atoms with van der Waals surface area (Å²) in [4.78, 5) is 13.0. The summed E-state index contributed by atoms with van der Waals surface area (Å²) in [5.41, 5.74) is 4.55. The van der Waals surface area contributed by atoms with Crippen LogP contribution in [0.25, 0.3) is 0 Å². The van der Waals surface area contributed by atoms with Gasteiger partial charge in [0.25, 0.3) is 12.6 Å². The maximum absolute atomic E-state index is 14.1. The van der Waals surface area contributed by atoms with Gasteiger partial charge >= 0.3 is 0 Å². The topological polar surface area (TPSA) is 70.1 Å². The highest BCUT2D eigenvalue weighted by Crippen LogP contribution is 2.20. The third kappa shape index (κ3) is 2.97. The number of hydrogen-bond donors (Lipinski definition) is 1. The minimum Gasteiger partial charge on any atom is -0.365 e. The van der Waals surface area contributed by atoms with Crippen LogP contribution in [-0.4, -0.2) is 30.6 Å². The van der Waals surface area contributed by atoms with Crippen LogP contribution in [0.5, 0.6) is 0 Å². The number of primary amides is 1. The van der Waals surface area contributed by atoms with Crippen molar-refractivity contribution in [3.05, 3.63) is 34.9 Å². The minimum atomic E-state index is -1.11. The molecule has 1 aliphatic heterocycles. The Balaban J connectivity index is 2.13. The van der Waals surface area contributed by atoms with Crippen molar-refractivity contribution in [2.45, 2.75) is 19.2 Å². The maximum atomic E-state index is 14.1. The molecule has 0 aliphatic carbocycles. The normalized spacial score (nSPS) is 15.9. The van der Waals surface area contributed by atoms with Crippen LogP contribution in [0.3, 0.4) is 0 Å². The van der Waals surface area contributed by atoms with Crippen molar-refractivity contribution < 1.29 is 13.6 Å². The monoisotopic (exact) mass is 277 g/mol. The van der Waals surface area contributed by atoms with E-state index >= 15 is 0 Å². The molecule has 0 atom stereocenters. The highest BCUT2D eigenvalue weighted by atomic mass is 19.1. The highest BCUT2D eigenvalue weighted by molar-refractivity contribution is 6.67. The van der Waals surface area contributed by atoms with Crippen LogP contribution in [-0.2, 0) is 6.54 Å². The Hall–Kier alpha value is -1.94. The van der Waals surface area contributed by atoms with E-state index in [9.17, 15) is 13.6 Å². The van der Waals surface area contributed by atoms with E-state index in [1.54, 1.807) is 0 Å². The fourth-order valence-electron chi connectivity index (χ4n) is 2.40. The van der Waals surface area contributed by atoms with Crippen LogP contribution >= 0.6 is 0 Å². The number of hydrogen-bond acceptors (Lipinski definition) is 3. The summed E-state index contributed by atoms with van der Waals surface area (Å²) in [6.45, 7) is 1.69. The fraction of sp³-hybridized carbons (Fsp3) is 0.385. The van der Waals surface area contributed by atoms with Gasteiger partial charge in [-0.15, -0.1) is 0 Å². The molecule has 1 aromatic carbocycles. The SMILES string of the molecule is N#CB1CCN(Cc2ccc(F)c(C(N)=O)c2F)CC1. The van der Waals surface area contributed by atoms with Crippen LogP contribution in [0.4, 0.5) is 8.78 Å². The van der Waals surface area contributed by atoms with Crippen LogP contribution in [0.15, 0.2) is 12.1 Å². The third-order valence-corrected chi connectivity index (χ3v) is 3.58. The second-order valence-electron chi connectivity index (χ2n) is 4.94. The average Bonchev–Trinajstić information content (AvgIpc) is 2.42. The van der Waals surface area contributed by atoms with Crippen LogP contribution < -0.4 is 5.73 Å². The zero-order valence-corrected chi connectivity index (χ0v) is 10.9. The van der Waals surface area contributed by atoms with E-state index in [2.05, 4.69) is 5.97 Å². The van der Waals surface area contributed by atoms with Gasteiger partial charge in [-0.05, 0) is 31.8 Å². The number of nitrogens with two attached hydrogens (primary N) is 1. The Kier molecular flexibility index (Phi) is 4.35. The predicted octanol–water partition coefficient (Wildman–Crippen LogP) is 1.44. The largest absolute Gasteiger partial charge is 0.365 e. The van der Waals surface area contributed by atoms with Gasteiger partial charge in [-0.25, -0.2) is 14.0 Å². The molecule has 104 valence electrons. The van der Waals surface area contributed by atoms with Crippen LogP contribution in [0.2, 0.25) is 12.6 Å². The van der Waals surface area contributed by atoms with Gasteiger partial charge in [0.2, 0.25) is 0 Å². The van der Waals surface area contributed by atoms with E-state index in [1.165, 1.54) is 6.07 Å². The molecular formula is C13H14BF2N3O. The zero-order chi connectivity index (χ0) is 14.7. The molecular weight excluding hydrogens is 263 g/mol. The first-order chi connectivity index (χ1) is 9.52. The summed E-state index contributed by atoms with van der Waals surface area (Å²) < 4.78 is 27.4. The number of amides is 1. The molecule has 0 spiro atoms. The van der Waals surface area contributed by atoms with Crippen LogP contribution in [0, 0.1) is 22.9 Å². The average molecular weight is 277 g/mol. The lowest BCUT2D eigenvalue weighted by Crippen LogP contribution is -2.36. The molecule has 2 rings (SSSR count). The number of rotatable bonds is 3. The second kappa shape index (κ2) is 6.01. The van der Waals surface area contributed by atoms with Gasteiger partial charge in [0.05, 0.1) is 0 Å². The van der Waals surface area contributed by atoms with E-state index in [1.807, 2.05) is 4.90 Å². The Bertz CT molecular complexity index is 565. The molecule has 0 saturated carbocycles. The Labute approximate surface area is 116 Å². The molecule has 0 radical (unpaired) electrons. The molecule has 1 amide bonds. The van der Waals surface area contributed by atoms with E-state index in [0.29, 0.717) is 13.1 Å². The number of carbonyl (C=O) groups excluding carboxylic acids is 1. The van der Waals surface area contributed by atoms with Crippen molar-refractivity contribution in [3.8, 4) is 5.97 Å². The van der Waals surface area contributed by atoms with E-state index < -0.39 is 23.1 Å². The molecule has 1 saturated heterocycles. The summed E-state index contributed by atoms with van der Waals surface area (Å²) in [5.74, 6) is -0.718. The van der Waals surface area contributed by atoms with E-state index in [0.717, 1.165) is 18.7 Å². The summed E-state index contributed by atoms with van der Waals surface area (Å²) in [6, 6.07) is 2.38. The quantitative estimate of drug-likeness (QED) is 0.850. The Morgan fingerprint density at radius 3 is 2.60 bits per heavy atom. The number of benzene rings is 1. The number of halogens is 2. The zero-order valence-electron chi connectivity index (χ0n) is 10.9. The van der Waals surface area contributed by atoms with E-state index in [-0.39, 0.29) is 18.8 Å². The molecule has 1 heterocycles. The van der Waals surface area contributed by atoms with Gasteiger partial charge in [0.15, 0.2) is 0 Å². The molecule has 0 unspecified atom stereocenters. The van der Waals surface area contributed by atoms with Crippen molar-refractivity contribution in [2.75, 3.05) is 13.1 Å². The number of nitriles is 1. The first-order valence-electron chi connectivity index (χ1n) is 6.41. The van der Waals surface area contributed by atoms with Gasteiger partial charge in [0.1, 0.15) is 17.2 Å². The number of carbonyl (C=O) groups is 1. The predicted molar refractivity (Wildman–Crippen MR) is 71.1 cm³/mol. The molecule has 1 aliphatic rings. The molecule has 20 heavy (non-hydrogen) atoms. The molecule has 4 nitrogen and oxygen atoms in total. The van der Waals surface area contributed by atoms with Crippen molar-refractivity contribution in [1.82, 2.24) is 4.90 Å². The minimum absolute atomic E-state index is 0.0468. The second-order valence-corrected chi connectivity index (χ2v) is 4.94. The highest BCUT2D eigenvalue weighted by Gasteiger charge is 2.24. The molecule has 2 N–H and O–H groups in total. The molecule has 0 aromatic heterocycles. The summed E-state index contributed by atoms with van der Waals surface area (Å²) >= 11 is 0. The van der Waals surface area contributed by atoms with Crippen LogP contribution in [0.1, 0.15) is 15.9 Å². The Morgan fingerprint density at radius 1 is 1.40 bits per heavy atom. The number of nitrogens with zero attached hydrogens (tertiary/aromatic N) is 2. The van der Waals surface area contributed by atoms with Crippen molar-refractivity contribution in [1.29, 1.82) is 5.26 Å². The molecule has 7 heteroatoms. The third-order valence-electron chi connectivity index (χ3n) is 3.58. The lowest BCUT2D eigenvalue weighted by Gasteiger charge is -2.28. The summed E-state index contributed by atoms with van der Waals surface area (Å²) in [6.07, 6.45) is 1.48. The first-order valence-corrected chi connectivity index (χ1v) is 6.41. The van der Waals surface area contributed by atoms with Gasteiger partial charge in [-0.3, -0.25) is 4.79 Å². The fourth-order valence-corrected chi connectivity index (χ4v) is 2.40. The Morgan fingerprint density at radius 2 is 2.05 bits per heavy atom. The maximum Gasteiger partial charge on any atom is 0.270 e. The van der Waals surface area contributed by atoms with Gasteiger partial charge in [-0.1, -0.05) is 6.07 Å². The molecule has 0 bridgehead atoms. The molecule has 1 fully saturated rings. The smallest absolute Gasteiger partial charge is 0.270 e. The summed E-state index contributed by atoms with van der Waals surface area (Å²) in [5, 5.41) is 8.82. The van der Waals surface area contributed by atoms with E-state index in [4.69, 9.17) is 11.0 Å². The standard InChI is InChI=1S/C13H14BF2N3O/c15-10-2-1-9(12(16)11(10)13(18)20)7-19-5-3-14(8-17)4-6-19/h1-2H,3-7H2,(H2,18,20). The lowest BCUT2D eigenvalue weighted by atomic mass is 9.45. The van der Waals surface area contributed by atoms with Crippen molar-refractivity contribution >= 4 is 12.6 Å². The lowest BCUT2D eigenvalue weighted by molar-refractivity contribution is 0.0991. The van der Waals surface area contributed by atoms with Gasteiger partial charge < -0.3 is 10.6 Å². The molecule has 1 aromatic rings. The summed E-state index contributed by atoms with van der Waals surface area (Å²) in [7, 11) is 0. The van der Waals surface area contributed by atoms with Crippen molar-refractivity contribution in [2.24, 2.45) is 5.73 Å². The van der Waals surface area contributed by atoms with Crippen molar-refractivity contribution in [3.63, 3.8) is 0 Å².